The van der Waals surface area contributed by atoms with Gasteiger partial charge in [-0.1, -0.05) is 36.4 Å². The number of benzene rings is 2. The van der Waals surface area contributed by atoms with E-state index in [1.54, 1.807) is 0 Å². The number of rotatable bonds is 2. The van der Waals surface area contributed by atoms with Crippen LogP contribution in [0, 0.1) is 0 Å². The molecule has 1 atom stereocenters. The van der Waals surface area contributed by atoms with Gasteiger partial charge in [-0.15, -0.1) is 0 Å². The van der Waals surface area contributed by atoms with Crippen LogP contribution < -0.4 is 10.6 Å². The van der Waals surface area contributed by atoms with Gasteiger partial charge < -0.3 is 10.6 Å². The largest absolute Gasteiger partial charge is 0.348 e. The van der Waals surface area contributed by atoms with Crippen LogP contribution >= 0.6 is 0 Å². The Labute approximate surface area is 106 Å². The third-order valence-corrected chi connectivity index (χ3v) is 3.43. The third-order valence-electron chi connectivity index (χ3n) is 3.43. The van der Waals surface area contributed by atoms with Gasteiger partial charge in [0.1, 0.15) is 0 Å². The van der Waals surface area contributed by atoms with Crippen molar-refractivity contribution in [2.24, 2.45) is 0 Å². The fraction of sp³-hybridized carbons (Fsp3) is 0.267. The maximum atomic E-state index is 12.3. The molecule has 1 saturated heterocycles. The highest BCUT2D eigenvalue weighted by Crippen LogP contribution is 2.18. The summed E-state index contributed by atoms with van der Waals surface area (Å²) in [7, 11) is 0. The summed E-state index contributed by atoms with van der Waals surface area (Å²) in [5, 5.41) is 8.46. The lowest BCUT2D eigenvalue weighted by molar-refractivity contribution is 0.0942. The second-order valence-corrected chi connectivity index (χ2v) is 4.69. The molecule has 3 nitrogen and oxygen atoms in total. The topological polar surface area (TPSA) is 41.1 Å². The third kappa shape index (κ3) is 2.09. The maximum Gasteiger partial charge on any atom is 0.252 e. The van der Waals surface area contributed by atoms with Crippen molar-refractivity contribution < 1.29 is 4.79 Å². The van der Waals surface area contributed by atoms with Gasteiger partial charge in [-0.2, -0.15) is 0 Å². The molecule has 3 heteroatoms. The minimum absolute atomic E-state index is 0.0282. The van der Waals surface area contributed by atoms with Crippen molar-refractivity contribution in [3.05, 3.63) is 48.0 Å². The summed E-state index contributed by atoms with van der Waals surface area (Å²) in [6.07, 6.45) is 1.01. The van der Waals surface area contributed by atoms with Gasteiger partial charge in [0.05, 0.1) is 0 Å². The number of carbonyl (C=O) groups excluding carboxylic acids is 1. The summed E-state index contributed by atoms with van der Waals surface area (Å²) in [4.78, 5) is 12.3. The van der Waals surface area contributed by atoms with Gasteiger partial charge in [0.2, 0.25) is 0 Å². The summed E-state index contributed by atoms with van der Waals surface area (Å²) in [6, 6.07) is 14.1. The highest BCUT2D eigenvalue weighted by Gasteiger charge is 2.18. The zero-order valence-electron chi connectivity index (χ0n) is 10.1. The van der Waals surface area contributed by atoms with Gasteiger partial charge in [0.15, 0.2) is 0 Å². The quantitative estimate of drug-likeness (QED) is 0.842. The van der Waals surface area contributed by atoms with E-state index in [0.29, 0.717) is 0 Å². The SMILES string of the molecule is O=C(N[C@@H]1CCNC1)c1cccc2ccccc12. The van der Waals surface area contributed by atoms with E-state index in [4.69, 9.17) is 0 Å². The fourth-order valence-electron chi connectivity index (χ4n) is 2.46. The molecule has 3 rings (SSSR count). The van der Waals surface area contributed by atoms with Crippen LogP contribution in [0.15, 0.2) is 42.5 Å². The normalized spacial score (nSPS) is 19.0. The number of fused-ring (bicyclic) bond motifs is 1. The summed E-state index contributed by atoms with van der Waals surface area (Å²) in [6.45, 7) is 1.86. The minimum Gasteiger partial charge on any atom is -0.348 e. The summed E-state index contributed by atoms with van der Waals surface area (Å²) in [5.74, 6) is 0.0282. The molecule has 1 heterocycles. The average Bonchev–Trinajstić information content (AvgIpc) is 2.91. The molecule has 92 valence electrons. The molecule has 1 amide bonds. The summed E-state index contributed by atoms with van der Waals surface area (Å²) >= 11 is 0. The summed E-state index contributed by atoms with van der Waals surface area (Å²) in [5.41, 5.74) is 0.764. The monoisotopic (exact) mass is 240 g/mol. The molecule has 2 aromatic carbocycles. The van der Waals surface area contributed by atoms with Crippen LogP contribution in [0.3, 0.4) is 0 Å². The van der Waals surface area contributed by atoms with Gasteiger partial charge in [-0.25, -0.2) is 0 Å². The van der Waals surface area contributed by atoms with Gasteiger partial charge in [-0.05, 0) is 29.8 Å². The second-order valence-electron chi connectivity index (χ2n) is 4.69. The van der Waals surface area contributed by atoms with Crippen LogP contribution in [0.4, 0.5) is 0 Å². The maximum absolute atomic E-state index is 12.3. The number of nitrogens with one attached hydrogen (secondary N) is 2. The van der Waals surface area contributed by atoms with E-state index in [0.717, 1.165) is 35.8 Å². The zero-order valence-corrected chi connectivity index (χ0v) is 10.1. The molecule has 0 unspecified atom stereocenters. The Morgan fingerprint density at radius 1 is 1.17 bits per heavy atom. The van der Waals surface area contributed by atoms with Crippen LogP contribution in [0.25, 0.3) is 10.8 Å². The number of amides is 1. The van der Waals surface area contributed by atoms with E-state index in [1.165, 1.54) is 0 Å². The molecule has 1 aliphatic rings. The Morgan fingerprint density at radius 2 is 2.00 bits per heavy atom. The Bertz CT molecular complexity index is 568. The zero-order chi connectivity index (χ0) is 12.4. The smallest absolute Gasteiger partial charge is 0.252 e. The highest BCUT2D eigenvalue weighted by atomic mass is 16.1. The Balaban J connectivity index is 1.91. The van der Waals surface area contributed by atoms with E-state index in [2.05, 4.69) is 10.6 Å². The molecular weight excluding hydrogens is 224 g/mol. The second kappa shape index (κ2) is 4.78. The van der Waals surface area contributed by atoms with Crippen LogP contribution in [0.2, 0.25) is 0 Å². The molecule has 0 saturated carbocycles. The Morgan fingerprint density at radius 3 is 2.83 bits per heavy atom. The van der Waals surface area contributed by atoms with Gasteiger partial charge >= 0.3 is 0 Å². The molecule has 0 spiro atoms. The molecule has 0 aromatic heterocycles. The lowest BCUT2D eigenvalue weighted by Gasteiger charge is -2.12. The molecular formula is C15H16N2O. The van der Waals surface area contributed by atoms with Crippen molar-refractivity contribution in [2.45, 2.75) is 12.5 Å². The van der Waals surface area contributed by atoms with Crippen LogP contribution in [-0.4, -0.2) is 25.0 Å². The predicted molar refractivity (Wildman–Crippen MR) is 72.7 cm³/mol. The lowest BCUT2D eigenvalue weighted by Crippen LogP contribution is -2.36. The van der Waals surface area contributed by atoms with Crippen molar-refractivity contribution in [3.63, 3.8) is 0 Å². The average molecular weight is 240 g/mol. The molecule has 0 bridgehead atoms. The summed E-state index contributed by atoms with van der Waals surface area (Å²) < 4.78 is 0. The van der Waals surface area contributed by atoms with E-state index in [-0.39, 0.29) is 11.9 Å². The molecule has 0 aliphatic carbocycles. The molecule has 18 heavy (non-hydrogen) atoms. The van der Waals surface area contributed by atoms with E-state index in [9.17, 15) is 4.79 Å². The van der Waals surface area contributed by atoms with Crippen LogP contribution in [0.1, 0.15) is 16.8 Å². The van der Waals surface area contributed by atoms with Crippen molar-refractivity contribution in [3.8, 4) is 0 Å². The molecule has 0 radical (unpaired) electrons. The predicted octanol–water partition coefficient (Wildman–Crippen LogP) is 1.93. The van der Waals surface area contributed by atoms with Crippen molar-refractivity contribution in [2.75, 3.05) is 13.1 Å². The molecule has 2 N–H and O–H groups in total. The van der Waals surface area contributed by atoms with Gasteiger partial charge in [-0.3, -0.25) is 4.79 Å². The number of hydrogen-bond acceptors (Lipinski definition) is 2. The van der Waals surface area contributed by atoms with Crippen molar-refractivity contribution in [1.82, 2.24) is 10.6 Å². The first-order chi connectivity index (χ1) is 8.84. The Kier molecular flexibility index (Phi) is 2.99. The molecule has 1 fully saturated rings. The van der Waals surface area contributed by atoms with Crippen LogP contribution in [0.5, 0.6) is 0 Å². The highest BCUT2D eigenvalue weighted by molar-refractivity contribution is 6.07. The molecule has 2 aromatic rings. The first kappa shape index (κ1) is 11.2. The van der Waals surface area contributed by atoms with E-state index < -0.39 is 0 Å². The number of carbonyl (C=O) groups is 1. The first-order valence-corrected chi connectivity index (χ1v) is 6.34. The number of hydrogen-bond donors (Lipinski definition) is 2. The minimum atomic E-state index is 0.0282. The molecule has 1 aliphatic heterocycles. The van der Waals surface area contributed by atoms with E-state index >= 15 is 0 Å². The Hall–Kier alpha value is -1.87. The first-order valence-electron chi connectivity index (χ1n) is 6.34. The lowest BCUT2D eigenvalue weighted by atomic mass is 10.0. The van der Waals surface area contributed by atoms with Crippen LogP contribution in [-0.2, 0) is 0 Å². The van der Waals surface area contributed by atoms with Gasteiger partial charge in [0.25, 0.3) is 5.91 Å². The van der Waals surface area contributed by atoms with E-state index in [1.807, 2.05) is 42.5 Å². The van der Waals surface area contributed by atoms with Gasteiger partial charge in [0, 0.05) is 18.2 Å². The van der Waals surface area contributed by atoms with Crippen molar-refractivity contribution in [1.29, 1.82) is 0 Å². The fourth-order valence-corrected chi connectivity index (χ4v) is 2.46. The van der Waals surface area contributed by atoms with Crippen molar-refractivity contribution >= 4 is 16.7 Å². The standard InChI is InChI=1S/C15H16N2O/c18-15(17-12-8-9-16-10-12)14-7-3-5-11-4-1-2-6-13(11)14/h1-7,12,16H,8-10H2,(H,17,18)/t12-/m1/s1.